The first-order chi connectivity index (χ1) is 51.7. The number of allylic oxidation sites excluding steroid dienone is 28. The minimum atomic E-state index is -5.00. The number of phosphoric ester groups is 2. The highest BCUT2D eigenvalue weighted by Gasteiger charge is 2.30. The Labute approximate surface area is 642 Å². The number of phosphoric acid groups is 2. The van der Waals surface area contributed by atoms with Crippen molar-refractivity contribution in [3.8, 4) is 0 Å². The van der Waals surface area contributed by atoms with E-state index in [9.17, 15) is 43.2 Å². The van der Waals surface area contributed by atoms with Crippen LogP contribution in [-0.4, -0.2) is 96.7 Å². The molecule has 0 aliphatic rings. The Morgan fingerprint density at radius 1 is 0.274 bits per heavy atom. The first kappa shape index (κ1) is 100. The highest BCUT2D eigenvalue weighted by molar-refractivity contribution is 7.47. The van der Waals surface area contributed by atoms with Crippen molar-refractivity contribution in [1.29, 1.82) is 0 Å². The molecule has 5 unspecified atom stereocenters. The second kappa shape index (κ2) is 77.6. The Bertz CT molecular complexity index is 2680. The van der Waals surface area contributed by atoms with Crippen LogP contribution in [0.1, 0.15) is 297 Å². The van der Waals surface area contributed by atoms with Crippen LogP contribution in [0.5, 0.6) is 0 Å². The number of rotatable bonds is 74. The molecule has 0 heterocycles. The van der Waals surface area contributed by atoms with Crippen molar-refractivity contribution in [2.45, 2.75) is 316 Å². The Balaban J connectivity index is 5.44. The number of unbranched alkanes of at least 4 members (excludes halogenated alkanes) is 20. The summed E-state index contributed by atoms with van der Waals surface area (Å²) in [5, 5.41) is 10.7. The average Bonchev–Trinajstić information content (AvgIpc) is 0.907. The molecule has 17 nitrogen and oxygen atoms in total. The lowest BCUT2D eigenvalue weighted by Gasteiger charge is -2.21. The third-order valence-electron chi connectivity index (χ3n) is 16.1. The molecule has 0 aromatic heterocycles. The van der Waals surface area contributed by atoms with Crippen LogP contribution < -0.4 is 0 Å². The third kappa shape index (κ3) is 76.6. The Morgan fingerprint density at radius 2 is 0.491 bits per heavy atom. The van der Waals surface area contributed by atoms with Gasteiger partial charge < -0.3 is 33.8 Å². The lowest BCUT2D eigenvalue weighted by molar-refractivity contribution is -0.161. The van der Waals surface area contributed by atoms with Gasteiger partial charge in [0.25, 0.3) is 0 Å². The summed E-state index contributed by atoms with van der Waals surface area (Å²) in [4.78, 5) is 73.1. The number of carbonyl (C=O) groups excluding carboxylic acids is 4. The lowest BCUT2D eigenvalue weighted by atomic mass is 10.1. The smallest absolute Gasteiger partial charge is 0.462 e. The zero-order valence-corrected chi connectivity index (χ0v) is 67.6. The fourth-order valence-corrected chi connectivity index (χ4v) is 11.7. The van der Waals surface area contributed by atoms with E-state index >= 15 is 0 Å². The van der Waals surface area contributed by atoms with Crippen LogP contribution in [0.3, 0.4) is 0 Å². The zero-order chi connectivity index (χ0) is 77.4. The molecule has 0 bridgehead atoms. The Morgan fingerprint density at radius 3 is 0.764 bits per heavy atom. The molecule has 602 valence electrons. The maximum atomic E-state index is 13.1. The van der Waals surface area contributed by atoms with Gasteiger partial charge in [-0.2, -0.15) is 0 Å². The number of hydrogen-bond donors (Lipinski definition) is 3. The van der Waals surface area contributed by atoms with E-state index in [0.29, 0.717) is 25.7 Å². The van der Waals surface area contributed by atoms with Gasteiger partial charge in [0.15, 0.2) is 12.2 Å². The SMILES string of the molecule is CC/C=C\C/C=C\C/C=C\C/C=C\C/C=C\CCCCCC(=O)OCC(COP(=O)(O)OCC(O)COP(=O)(O)OCC(COC(=O)CCCCCCCCC/C=C\C/C=C\C/C=C\CC)OC(=O)CCCCCCC/C=C\C/C=C\CCC)OC(=O)CCCCCC/C=C\C/C=C\C/C=C\C/C=C\CC. The number of carbonyl (C=O) groups is 4. The average molecular weight is 1520 g/mol. The molecule has 3 N–H and O–H groups in total. The molecule has 0 aliphatic heterocycles. The monoisotopic (exact) mass is 1520 g/mol. The van der Waals surface area contributed by atoms with Crippen molar-refractivity contribution < 1.29 is 80.2 Å². The van der Waals surface area contributed by atoms with E-state index in [1.807, 2.05) is 0 Å². The molecule has 0 aliphatic carbocycles. The Hall–Kier alpha value is -5.58. The number of ether oxygens (including phenoxy) is 4. The number of aliphatic hydroxyl groups excluding tert-OH is 1. The van der Waals surface area contributed by atoms with Gasteiger partial charge in [-0.15, -0.1) is 0 Å². The van der Waals surface area contributed by atoms with E-state index in [-0.39, 0.29) is 25.7 Å². The van der Waals surface area contributed by atoms with Crippen molar-refractivity contribution in [3.63, 3.8) is 0 Å². The molecule has 0 aromatic rings. The summed E-state index contributed by atoms with van der Waals surface area (Å²) in [7, 11) is -10.00. The van der Waals surface area contributed by atoms with Gasteiger partial charge in [0.05, 0.1) is 26.4 Å². The number of aliphatic hydroxyl groups is 1. The summed E-state index contributed by atoms with van der Waals surface area (Å²) < 4.78 is 68.6. The molecular weight excluding hydrogens is 1380 g/mol. The van der Waals surface area contributed by atoms with E-state index in [1.165, 1.54) is 0 Å². The van der Waals surface area contributed by atoms with Gasteiger partial charge >= 0.3 is 39.5 Å². The molecule has 0 aromatic carbocycles. The second-order valence-electron chi connectivity index (χ2n) is 26.2. The molecule has 0 saturated heterocycles. The molecular formula is C87H142O17P2. The molecule has 0 radical (unpaired) electrons. The normalized spacial score (nSPS) is 14.7. The second-order valence-corrected chi connectivity index (χ2v) is 29.1. The molecule has 5 atom stereocenters. The summed E-state index contributed by atoms with van der Waals surface area (Å²) >= 11 is 0. The summed E-state index contributed by atoms with van der Waals surface area (Å²) in [6, 6.07) is 0. The molecule has 0 saturated carbocycles. The van der Waals surface area contributed by atoms with Crippen LogP contribution in [0.2, 0.25) is 0 Å². The van der Waals surface area contributed by atoms with Crippen LogP contribution in [0.4, 0.5) is 0 Å². The maximum absolute atomic E-state index is 13.1. The van der Waals surface area contributed by atoms with E-state index in [0.717, 1.165) is 218 Å². The minimum Gasteiger partial charge on any atom is -0.462 e. The highest BCUT2D eigenvalue weighted by atomic mass is 31.2. The summed E-state index contributed by atoms with van der Waals surface area (Å²) in [5.41, 5.74) is 0. The van der Waals surface area contributed by atoms with Crippen LogP contribution in [0.25, 0.3) is 0 Å². The van der Waals surface area contributed by atoms with Gasteiger partial charge in [0.2, 0.25) is 0 Å². The van der Waals surface area contributed by atoms with Gasteiger partial charge in [-0.25, -0.2) is 9.13 Å². The van der Waals surface area contributed by atoms with Crippen molar-refractivity contribution in [1.82, 2.24) is 0 Å². The first-order valence-corrected chi connectivity index (χ1v) is 43.4. The van der Waals surface area contributed by atoms with Crippen molar-refractivity contribution in [2.24, 2.45) is 0 Å². The molecule has 0 fully saturated rings. The van der Waals surface area contributed by atoms with Crippen molar-refractivity contribution in [2.75, 3.05) is 39.6 Å². The van der Waals surface area contributed by atoms with Crippen molar-refractivity contribution in [3.05, 3.63) is 170 Å². The van der Waals surface area contributed by atoms with E-state index in [4.69, 9.17) is 37.0 Å². The molecule has 0 rings (SSSR count). The molecule has 19 heteroatoms. The molecule has 106 heavy (non-hydrogen) atoms. The van der Waals surface area contributed by atoms with E-state index in [1.54, 1.807) is 0 Å². The molecule has 0 amide bonds. The fourth-order valence-electron chi connectivity index (χ4n) is 10.1. The van der Waals surface area contributed by atoms with Gasteiger partial charge in [-0.3, -0.25) is 37.3 Å². The number of esters is 4. The lowest BCUT2D eigenvalue weighted by Crippen LogP contribution is -2.30. The van der Waals surface area contributed by atoms with Gasteiger partial charge in [-0.05, 0) is 167 Å². The summed E-state index contributed by atoms with van der Waals surface area (Å²) in [5.74, 6) is -2.27. The quantitative estimate of drug-likeness (QED) is 0.0169. The van der Waals surface area contributed by atoms with E-state index in [2.05, 4.69) is 198 Å². The van der Waals surface area contributed by atoms with Crippen LogP contribution in [-0.2, 0) is 65.4 Å². The predicted molar refractivity (Wildman–Crippen MR) is 436 cm³/mol. The summed E-state index contributed by atoms with van der Waals surface area (Å²) in [6.07, 6.45) is 91.8. The molecule has 0 spiro atoms. The fraction of sp³-hybridized carbons (Fsp3) is 0.632. The first-order valence-electron chi connectivity index (χ1n) is 40.4. The number of hydrogen-bond acceptors (Lipinski definition) is 15. The maximum Gasteiger partial charge on any atom is 0.472 e. The Kier molecular flexibility index (Phi) is 73.5. The van der Waals surface area contributed by atoms with Gasteiger partial charge in [0.1, 0.15) is 19.3 Å². The van der Waals surface area contributed by atoms with Crippen molar-refractivity contribution >= 4 is 39.5 Å². The van der Waals surface area contributed by atoms with Gasteiger partial charge in [0, 0.05) is 25.7 Å². The van der Waals surface area contributed by atoms with E-state index < -0.39 is 97.5 Å². The predicted octanol–water partition coefficient (Wildman–Crippen LogP) is 23.8. The largest absolute Gasteiger partial charge is 0.472 e. The van der Waals surface area contributed by atoms with Crippen LogP contribution in [0, 0.1) is 0 Å². The minimum absolute atomic E-state index is 0.0527. The highest BCUT2D eigenvalue weighted by Crippen LogP contribution is 2.45. The van der Waals surface area contributed by atoms with Crippen LogP contribution >= 0.6 is 15.6 Å². The standard InChI is InChI=1S/C87H142O17P2/c1-5-9-13-17-21-25-29-33-36-39-40-43-45-49-52-56-60-64-68-72-85(90)98-78-83(104-87(92)74-70-66-62-58-54-50-46-42-38-35-31-27-23-19-15-11-7-3)80-102-106(95,96)100-76-81(88)75-99-105(93,94)101-79-82(103-86(91)73-69-65-61-57-53-47-32-28-24-20-16-12-8-4)77-97-84(89)71-67-63-59-55-51-48-44-41-37-34-30-26-22-18-14-10-6-2/h9-11,13-16,20-23,25-28,32-38,40,43,46,49-50,52,81-83,88H,5-8,12,17-19,24,29-31,39,41-42,44-45,47-48,51,53-80H2,1-4H3,(H,93,94)(H,95,96)/b13-9-,14-10-,15-11-,20-16-,25-21-,26-22-,27-23-,32-28-,36-33-,37-34-,38-35-,43-40-,50-46-,52-49-. The zero-order valence-electron chi connectivity index (χ0n) is 65.8. The van der Waals surface area contributed by atoms with Crippen LogP contribution in [0.15, 0.2) is 170 Å². The summed E-state index contributed by atoms with van der Waals surface area (Å²) in [6.45, 7) is 4.37. The third-order valence-corrected chi connectivity index (χ3v) is 18.0. The van der Waals surface area contributed by atoms with Gasteiger partial charge in [-0.1, -0.05) is 275 Å². The topological polar surface area (TPSA) is 237 Å².